The van der Waals surface area contributed by atoms with Crippen LogP contribution in [0.15, 0.2) is 18.2 Å². The molecule has 86 valence electrons. The molecule has 2 atom stereocenters. The predicted molar refractivity (Wildman–Crippen MR) is 62.9 cm³/mol. The highest BCUT2D eigenvalue weighted by molar-refractivity contribution is 5.92. The van der Waals surface area contributed by atoms with Gasteiger partial charge in [0, 0.05) is 13.1 Å². The summed E-state index contributed by atoms with van der Waals surface area (Å²) in [6.07, 6.45) is 0. The van der Waals surface area contributed by atoms with Crippen molar-refractivity contribution in [2.45, 2.75) is 13.8 Å². The van der Waals surface area contributed by atoms with Gasteiger partial charge < -0.3 is 10.6 Å². The van der Waals surface area contributed by atoms with Gasteiger partial charge in [-0.1, -0.05) is 19.9 Å². The number of nitrogens with two attached hydrogens (primary N) is 1. The van der Waals surface area contributed by atoms with Crippen molar-refractivity contribution in [2.75, 3.05) is 18.8 Å². The first-order chi connectivity index (χ1) is 7.58. The van der Waals surface area contributed by atoms with Crippen LogP contribution in [0.3, 0.4) is 0 Å². The fourth-order valence-corrected chi connectivity index (χ4v) is 2.03. The first-order valence-electron chi connectivity index (χ1n) is 5.59. The summed E-state index contributed by atoms with van der Waals surface area (Å²) in [5, 5.41) is 0. The number of nitrogen functional groups attached to an aromatic ring is 1. The molecule has 1 fully saturated rings. The molecule has 2 heterocycles. The number of amides is 1. The minimum absolute atomic E-state index is 0.0106. The van der Waals surface area contributed by atoms with Gasteiger partial charge in [0.25, 0.3) is 5.91 Å². The zero-order valence-corrected chi connectivity index (χ0v) is 9.68. The number of pyridine rings is 1. The lowest BCUT2D eigenvalue weighted by Crippen LogP contribution is -2.29. The van der Waals surface area contributed by atoms with E-state index >= 15 is 0 Å². The average molecular weight is 219 g/mol. The normalized spacial score (nSPS) is 24.8. The van der Waals surface area contributed by atoms with Crippen LogP contribution in [-0.4, -0.2) is 28.9 Å². The van der Waals surface area contributed by atoms with E-state index in [1.54, 1.807) is 18.2 Å². The van der Waals surface area contributed by atoms with Crippen molar-refractivity contribution in [2.24, 2.45) is 11.8 Å². The van der Waals surface area contributed by atoms with Crippen LogP contribution in [-0.2, 0) is 0 Å². The summed E-state index contributed by atoms with van der Waals surface area (Å²) in [7, 11) is 0. The van der Waals surface area contributed by atoms with Gasteiger partial charge in [0.1, 0.15) is 11.5 Å². The molecule has 0 spiro atoms. The Morgan fingerprint density at radius 2 is 2.00 bits per heavy atom. The van der Waals surface area contributed by atoms with Gasteiger partial charge in [-0.25, -0.2) is 4.98 Å². The zero-order chi connectivity index (χ0) is 11.7. The zero-order valence-electron chi connectivity index (χ0n) is 9.68. The van der Waals surface area contributed by atoms with Crippen LogP contribution < -0.4 is 5.73 Å². The van der Waals surface area contributed by atoms with E-state index in [4.69, 9.17) is 5.73 Å². The smallest absolute Gasteiger partial charge is 0.272 e. The maximum absolute atomic E-state index is 12.1. The molecule has 2 N–H and O–H groups in total. The van der Waals surface area contributed by atoms with Crippen LogP contribution in [0.2, 0.25) is 0 Å². The number of likely N-dealkylation sites (tertiary alicyclic amines) is 1. The molecule has 2 unspecified atom stereocenters. The lowest BCUT2D eigenvalue weighted by atomic mass is 10.0. The summed E-state index contributed by atoms with van der Waals surface area (Å²) in [4.78, 5) is 18.0. The van der Waals surface area contributed by atoms with Gasteiger partial charge in [-0.05, 0) is 24.0 Å². The van der Waals surface area contributed by atoms with Gasteiger partial charge in [0.15, 0.2) is 0 Å². The minimum Gasteiger partial charge on any atom is -0.384 e. The van der Waals surface area contributed by atoms with E-state index in [1.165, 1.54) is 0 Å². The largest absolute Gasteiger partial charge is 0.384 e. The quantitative estimate of drug-likeness (QED) is 0.776. The second-order valence-corrected chi connectivity index (χ2v) is 4.61. The molecule has 0 radical (unpaired) electrons. The highest BCUT2D eigenvalue weighted by atomic mass is 16.2. The van der Waals surface area contributed by atoms with E-state index in [-0.39, 0.29) is 5.91 Å². The SMILES string of the molecule is CC1CN(C(=O)c2cccc(N)n2)CC1C. The van der Waals surface area contributed by atoms with Crippen LogP contribution in [0.1, 0.15) is 24.3 Å². The number of rotatable bonds is 1. The number of anilines is 1. The Bertz CT molecular complexity index is 395. The molecule has 4 nitrogen and oxygen atoms in total. The number of carbonyl (C=O) groups excluding carboxylic acids is 1. The third kappa shape index (κ3) is 2.01. The lowest BCUT2D eigenvalue weighted by Gasteiger charge is -2.15. The van der Waals surface area contributed by atoms with Crippen molar-refractivity contribution in [3.05, 3.63) is 23.9 Å². The summed E-state index contributed by atoms with van der Waals surface area (Å²) in [5.41, 5.74) is 6.01. The van der Waals surface area contributed by atoms with Crippen LogP contribution >= 0.6 is 0 Å². The standard InChI is InChI=1S/C12H17N3O/c1-8-6-15(7-9(8)2)12(16)10-4-3-5-11(13)14-10/h3-5,8-9H,6-7H2,1-2H3,(H2,13,14). The number of hydrogen-bond donors (Lipinski definition) is 1. The van der Waals surface area contributed by atoms with Crippen molar-refractivity contribution < 1.29 is 4.79 Å². The molecule has 0 saturated carbocycles. The fourth-order valence-electron chi connectivity index (χ4n) is 2.03. The van der Waals surface area contributed by atoms with Gasteiger partial charge in [-0.2, -0.15) is 0 Å². The Morgan fingerprint density at radius 3 is 2.56 bits per heavy atom. The average Bonchev–Trinajstić information content (AvgIpc) is 2.58. The predicted octanol–water partition coefficient (Wildman–Crippen LogP) is 1.39. The number of carbonyl (C=O) groups is 1. The molecule has 1 aromatic heterocycles. The van der Waals surface area contributed by atoms with Crippen LogP contribution in [0.4, 0.5) is 5.82 Å². The van der Waals surface area contributed by atoms with Gasteiger partial charge >= 0.3 is 0 Å². The maximum Gasteiger partial charge on any atom is 0.272 e. The Kier molecular flexibility index (Phi) is 2.81. The Labute approximate surface area is 95.5 Å². The van der Waals surface area contributed by atoms with Crippen molar-refractivity contribution in [3.63, 3.8) is 0 Å². The topological polar surface area (TPSA) is 59.2 Å². The van der Waals surface area contributed by atoms with Crippen molar-refractivity contribution in [1.29, 1.82) is 0 Å². The molecule has 0 aliphatic carbocycles. The second kappa shape index (κ2) is 4.12. The molecule has 0 aromatic carbocycles. The van der Waals surface area contributed by atoms with E-state index in [1.807, 2.05) is 4.90 Å². The van der Waals surface area contributed by atoms with Gasteiger partial charge in [0.2, 0.25) is 0 Å². The summed E-state index contributed by atoms with van der Waals surface area (Å²) in [6.45, 7) is 5.97. The van der Waals surface area contributed by atoms with Crippen molar-refractivity contribution in [3.8, 4) is 0 Å². The van der Waals surface area contributed by atoms with Crippen LogP contribution in [0, 0.1) is 11.8 Å². The number of aromatic nitrogens is 1. The van der Waals surface area contributed by atoms with Gasteiger partial charge in [-0.3, -0.25) is 4.79 Å². The Hall–Kier alpha value is -1.58. The van der Waals surface area contributed by atoms with Crippen LogP contribution in [0.25, 0.3) is 0 Å². The third-order valence-electron chi connectivity index (χ3n) is 3.27. The van der Waals surface area contributed by atoms with E-state index in [0.717, 1.165) is 13.1 Å². The fraction of sp³-hybridized carbons (Fsp3) is 0.500. The minimum atomic E-state index is -0.0106. The van der Waals surface area contributed by atoms with Crippen molar-refractivity contribution >= 4 is 11.7 Å². The highest BCUT2D eigenvalue weighted by Gasteiger charge is 2.30. The molecule has 2 rings (SSSR count). The molecule has 4 heteroatoms. The maximum atomic E-state index is 12.1. The van der Waals surface area contributed by atoms with Gasteiger partial charge in [-0.15, -0.1) is 0 Å². The first-order valence-corrected chi connectivity index (χ1v) is 5.59. The molecule has 1 saturated heterocycles. The molecule has 1 aromatic rings. The summed E-state index contributed by atoms with van der Waals surface area (Å²) in [6, 6.07) is 5.16. The molecular formula is C12H17N3O. The Balaban J connectivity index is 2.14. The molecular weight excluding hydrogens is 202 g/mol. The van der Waals surface area contributed by atoms with Gasteiger partial charge in [0.05, 0.1) is 0 Å². The molecule has 0 bridgehead atoms. The first kappa shape index (κ1) is 10.9. The van der Waals surface area contributed by atoms with E-state index < -0.39 is 0 Å². The highest BCUT2D eigenvalue weighted by Crippen LogP contribution is 2.23. The third-order valence-corrected chi connectivity index (χ3v) is 3.27. The molecule has 1 amide bonds. The number of nitrogens with zero attached hydrogens (tertiary/aromatic N) is 2. The van der Waals surface area contributed by atoms with E-state index in [2.05, 4.69) is 18.8 Å². The van der Waals surface area contributed by atoms with Crippen LogP contribution in [0.5, 0.6) is 0 Å². The van der Waals surface area contributed by atoms with E-state index in [9.17, 15) is 4.79 Å². The molecule has 1 aliphatic heterocycles. The molecule has 1 aliphatic rings. The Morgan fingerprint density at radius 1 is 1.38 bits per heavy atom. The van der Waals surface area contributed by atoms with E-state index in [0.29, 0.717) is 23.3 Å². The summed E-state index contributed by atoms with van der Waals surface area (Å²) >= 11 is 0. The molecule has 16 heavy (non-hydrogen) atoms. The second-order valence-electron chi connectivity index (χ2n) is 4.61. The lowest BCUT2D eigenvalue weighted by molar-refractivity contribution is 0.0779. The summed E-state index contributed by atoms with van der Waals surface area (Å²) < 4.78 is 0. The summed E-state index contributed by atoms with van der Waals surface area (Å²) in [5.74, 6) is 1.50. The number of hydrogen-bond acceptors (Lipinski definition) is 3. The monoisotopic (exact) mass is 219 g/mol. The van der Waals surface area contributed by atoms with Crippen molar-refractivity contribution in [1.82, 2.24) is 9.88 Å².